The predicted octanol–water partition coefficient (Wildman–Crippen LogP) is 3.87. The van der Waals surface area contributed by atoms with Crippen molar-refractivity contribution in [3.8, 4) is 22.9 Å². The van der Waals surface area contributed by atoms with Gasteiger partial charge in [0.2, 0.25) is 11.7 Å². The number of carbonyl (C=O) groups is 1. The largest absolute Gasteiger partial charge is 0.497 e. The van der Waals surface area contributed by atoms with Gasteiger partial charge < -0.3 is 19.3 Å². The molecule has 1 amide bonds. The van der Waals surface area contributed by atoms with Gasteiger partial charge in [0.1, 0.15) is 11.5 Å². The Kier molecular flexibility index (Phi) is 6.49. The molecule has 0 aliphatic carbocycles. The SMILES string of the molecule is CC[C@H](Oc1cccc(OC)c1)C(=O)NCc1nc(-c2ccc(Cl)cc2)no1. The smallest absolute Gasteiger partial charge is 0.261 e. The molecule has 0 aliphatic rings. The summed E-state index contributed by atoms with van der Waals surface area (Å²) < 4.78 is 16.1. The van der Waals surface area contributed by atoms with Gasteiger partial charge in [0.25, 0.3) is 5.91 Å². The van der Waals surface area contributed by atoms with Crippen LogP contribution >= 0.6 is 11.6 Å². The zero-order chi connectivity index (χ0) is 19.9. The minimum absolute atomic E-state index is 0.109. The molecule has 146 valence electrons. The van der Waals surface area contributed by atoms with Crippen molar-refractivity contribution in [2.24, 2.45) is 0 Å². The van der Waals surface area contributed by atoms with Gasteiger partial charge in [0.05, 0.1) is 13.7 Å². The zero-order valence-electron chi connectivity index (χ0n) is 15.5. The van der Waals surface area contributed by atoms with E-state index in [1.54, 1.807) is 49.6 Å². The quantitative estimate of drug-likeness (QED) is 0.616. The first kappa shape index (κ1) is 19.7. The van der Waals surface area contributed by atoms with E-state index >= 15 is 0 Å². The molecule has 3 aromatic rings. The van der Waals surface area contributed by atoms with Gasteiger partial charge in [-0.25, -0.2) is 0 Å². The molecule has 1 aromatic heterocycles. The van der Waals surface area contributed by atoms with Crippen LogP contribution in [0.3, 0.4) is 0 Å². The van der Waals surface area contributed by atoms with Gasteiger partial charge >= 0.3 is 0 Å². The highest BCUT2D eigenvalue weighted by Gasteiger charge is 2.19. The van der Waals surface area contributed by atoms with Crippen LogP contribution in [0.5, 0.6) is 11.5 Å². The highest BCUT2D eigenvalue weighted by molar-refractivity contribution is 6.30. The van der Waals surface area contributed by atoms with Gasteiger partial charge in [0, 0.05) is 16.7 Å². The summed E-state index contributed by atoms with van der Waals surface area (Å²) in [6, 6.07) is 14.2. The summed E-state index contributed by atoms with van der Waals surface area (Å²) in [5.41, 5.74) is 0.776. The van der Waals surface area contributed by atoms with Crippen molar-refractivity contribution >= 4 is 17.5 Å². The number of aromatic nitrogens is 2. The summed E-state index contributed by atoms with van der Waals surface area (Å²) in [5.74, 6) is 1.68. The molecule has 3 rings (SSSR count). The standard InChI is InChI=1S/C20H20ClN3O4/c1-3-17(27-16-6-4-5-15(11-16)26-2)20(25)22-12-18-23-19(24-28-18)13-7-9-14(21)10-8-13/h4-11,17H,3,12H2,1-2H3,(H,22,25)/t17-/m0/s1. The maximum atomic E-state index is 12.4. The van der Waals surface area contributed by atoms with Crippen molar-refractivity contribution in [2.75, 3.05) is 7.11 Å². The molecular formula is C20H20ClN3O4. The first-order valence-corrected chi connectivity index (χ1v) is 9.13. The molecule has 0 saturated carbocycles. The fourth-order valence-corrected chi connectivity index (χ4v) is 2.61. The van der Waals surface area contributed by atoms with Crippen LogP contribution < -0.4 is 14.8 Å². The number of halogens is 1. The fourth-order valence-electron chi connectivity index (χ4n) is 2.48. The lowest BCUT2D eigenvalue weighted by atomic mass is 10.2. The Labute approximate surface area is 167 Å². The van der Waals surface area contributed by atoms with Crippen LogP contribution in [0.2, 0.25) is 5.02 Å². The van der Waals surface area contributed by atoms with Crippen molar-refractivity contribution in [1.29, 1.82) is 0 Å². The summed E-state index contributed by atoms with van der Waals surface area (Å²) in [6.45, 7) is 1.98. The molecule has 0 fully saturated rings. The fraction of sp³-hybridized carbons (Fsp3) is 0.250. The van der Waals surface area contributed by atoms with Crippen molar-refractivity contribution in [3.63, 3.8) is 0 Å². The molecule has 0 unspecified atom stereocenters. The Bertz CT molecular complexity index is 927. The number of methoxy groups -OCH3 is 1. The Hall–Kier alpha value is -3.06. The van der Waals surface area contributed by atoms with E-state index in [0.29, 0.717) is 34.7 Å². The van der Waals surface area contributed by atoms with Gasteiger partial charge in [0.15, 0.2) is 6.10 Å². The van der Waals surface area contributed by atoms with Gasteiger partial charge in [-0.1, -0.05) is 29.7 Å². The van der Waals surface area contributed by atoms with Crippen LogP contribution in [0.15, 0.2) is 53.1 Å². The molecule has 0 radical (unpaired) electrons. The number of ether oxygens (including phenoxy) is 2. The van der Waals surface area contributed by atoms with Gasteiger partial charge in [-0.05, 0) is 42.8 Å². The van der Waals surface area contributed by atoms with E-state index in [2.05, 4.69) is 15.5 Å². The molecule has 0 spiro atoms. The third-order valence-electron chi connectivity index (χ3n) is 3.97. The van der Waals surface area contributed by atoms with Crippen molar-refractivity contribution in [3.05, 3.63) is 59.4 Å². The summed E-state index contributed by atoms with van der Waals surface area (Å²) in [5, 5.41) is 7.31. The van der Waals surface area contributed by atoms with Crippen molar-refractivity contribution < 1.29 is 18.8 Å². The normalized spacial score (nSPS) is 11.7. The third-order valence-corrected chi connectivity index (χ3v) is 4.22. The number of amides is 1. The van der Waals surface area contributed by atoms with Crippen molar-refractivity contribution in [1.82, 2.24) is 15.5 Å². The number of nitrogens with zero attached hydrogens (tertiary/aromatic N) is 2. The van der Waals surface area contributed by atoms with Crippen molar-refractivity contribution in [2.45, 2.75) is 26.0 Å². The summed E-state index contributed by atoms with van der Waals surface area (Å²) in [4.78, 5) is 16.7. The summed E-state index contributed by atoms with van der Waals surface area (Å²) in [7, 11) is 1.58. The first-order chi connectivity index (χ1) is 13.6. The number of carbonyl (C=O) groups excluding carboxylic acids is 1. The maximum absolute atomic E-state index is 12.4. The second-order valence-corrected chi connectivity index (χ2v) is 6.37. The highest BCUT2D eigenvalue weighted by Crippen LogP contribution is 2.21. The Morgan fingerprint density at radius 3 is 2.68 bits per heavy atom. The predicted molar refractivity (Wildman–Crippen MR) is 104 cm³/mol. The Balaban J connectivity index is 1.58. The molecule has 28 heavy (non-hydrogen) atoms. The minimum atomic E-state index is -0.647. The number of hydrogen-bond donors (Lipinski definition) is 1. The average molecular weight is 402 g/mol. The van der Waals surface area contributed by atoms with Crippen LogP contribution in [0, 0.1) is 0 Å². The van der Waals surface area contributed by atoms with Gasteiger partial charge in [-0.3, -0.25) is 4.79 Å². The Morgan fingerprint density at radius 1 is 1.21 bits per heavy atom. The molecule has 8 heteroatoms. The monoisotopic (exact) mass is 401 g/mol. The Morgan fingerprint density at radius 2 is 1.96 bits per heavy atom. The number of hydrogen-bond acceptors (Lipinski definition) is 6. The van der Waals surface area contributed by atoms with Gasteiger partial charge in [-0.15, -0.1) is 0 Å². The van der Waals surface area contributed by atoms with Crippen LogP contribution in [-0.2, 0) is 11.3 Å². The lowest BCUT2D eigenvalue weighted by Gasteiger charge is -2.17. The van der Waals surface area contributed by atoms with E-state index in [0.717, 1.165) is 5.56 Å². The zero-order valence-corrected chi connectivity index (χ0v) is 16.3. The van der Waals surface area contributed by atoms with E-state index in [1.165, 1.54) is 0 Å². The molecule has 1 atom stereocenters. The minimum Gasteiger partial charge on any atom is -0.497 e. The third kappa shape index (κ3) is 5.01. The van der Waals surface area contributed by atoms with Crippen LogP contribution in [-0.4, -0.2) is 29.3 Å². The van der Waals surface area contributed by atoms with Crippen LogP contribution in [0.4, 0.5) is 0 Å². The summed E-state index contributed by atoms with van der Waals surface area (Å²) in [6.07, 6.45) is -0.145. The highest BCUT2D eigenvalue weighted by atomic mass is 35.5. The van der Waals surface area contributed by atoms with Crippen LogP contribution in [0.1, 0.15) is 19.2 Å². The maximum Gasteiger partial charge on any atom is 0.261 e. The molecular weight excluding hydrogens is 382 g/mol. The topological polar surface area (TPSA) is 86.5 Å². The first-order valence-electron chi connectivity index (χ1n) is 8.76. The molecule has 0 aliphatic heterocycles. The van der Waals surface area contributed by atoms with Gasteiger partial charge in [-0.2, -0.15) is 4.98 Å². The number of nitrogens with one attached hydrogen (secondary N) is 1. The van der Waals surface area contributed by atoms with Crippen LogP contribution in [0.25, 0.3) is 11.4 Å². The number of benzene rings is 2. The van der Waals surface area contributed by atoms with E-state index in [-0.39, 0.29) is 12.5 Å². The molecule has 1 N–H and O–H groups in total. The second-order valence-electron chi connectivity index (χ2n) is 5.93. The summed E-state index contributed by atoms with van der Waals surface area (Å²) >= 11 is 5.88. The van der Waals surface area contributed by atoms with E-state index in [9.17, 15) is 4.79 Å². The second kappa shape index (κ2) is 9.23. The van der Waals surface area contributed by atoms with E-state index < -0.39 is 6.10 Å². The molecule has 7 nitrogen and oxygen atoms in total. The average Bonchev–Trinajstić information content (AvgIpc) is 3.20. The number of rotatable bonds is 8. The lowest BCUT2D eigenvalue weighted by Crippen LogP contribution is -2.37. The molecule has 0 saturated heterocycles. The molecule has 0 bridgehead atoms. The molecule has 2 aromatic carbocycles. The van der Waals surface area contributed by atoms with E-state index in [4.69, 9.17) is 25.6 Å². The molecule has 1 heterocycles. The van der Waals surface area contributed by atoms with E-state index in [1.807, 2.05) is 13.0 Å². The lowest BCUT2D eigenvalue weighted by molar-refractivity contribution is -0.128.